The van der Waals surface area contributed by atoms with Crippen molar-refractivity contribution in [3.63, 3.8) is 0 Å². The Hall–Kier alpha value is -1.64. The molecule has 3 nitrogen and oxygen atoms in total. The zero-order valence-corrected chi connectivity index (χ0v) is 9.28. The number of imide groups is 1. The maximum atomic E-state index is 11.5. The third-order valence-electron chi connectivity index (χ3n) is 2.27. The Balaban J connectivity index is 0.000000531. The van der Waals surface area contributed by atoms with E-state index >= 15 is 0 Å². The molecule has 1 aromatic carbocycles. The van der Waals surface area contributed by atoms with Gasteiger partial charge in [0.15, 0.2) is 0 Å². The number of benzene rings is 1. The van der Waals surface area contributed by atoms with Crippen LogP contribution in [0.2, 0.25) is 0 Å². The van der Waals surface area contributed by atoms with Crippen LogP contribution >= 0.6 is 0 Å². The Morgan fingerprint density at radius 1 is 1.13 bits per heavy atom. The van der Waals surface area contributed by atoms with E-state index in [1.807, 2.05) is 26.0 Å². The topological polar surface area (TPSA) is 37.4 Å². The standard InChI is InChI=1S/C10H9NO2.C2H6/c1-11-9(12)6-7-4-2-3-5-8(7)10(11)13;1-2/h2-5H,6H2,1H3;1-2H3. The minimum atomic E-state index is -0.202. The molecule has 1 aliphatic rings. The minimum Gasteiger partial charge on any atom is -0.281 e. The lowest BCUT2D eigenvalue weighted by Gasteiger charge is -2.22. The molecule has 1 heterocycles. The van der Waals surface area contributed by atoms with Gasteiger partial charge in [0.25, 0.3) is 5.91 Å². The van der Waals surface area contributed by atoms with Gasteiger partial charge in [-0.15, -0.1) is 0 Å². The second kappa shape index (κ2) is 4.73. The number of carbonyl (C=O) groups is 2. The molecule has 0 aromatic heterocycles. The third-order valence-corrected chi connectivity index (χ3v) is 2.27. The molecule has 0 saturated carbocycles. The number of hydrogen-bond donors (Lipinski definition) is 0. The summed E-state index contributed by atoms with van der Waals surface area (Å²) in [6, 6.07) is 7.21. The van der Waals surface area contributed by atoms with Gasteiger partial charge in [-0.1, -0.05) is 32.0 Å². The summed E-state index contributed by atoms with van der Waals surface area (Å²) in [6.07, 6.45) is 0.332. The van der Waals surface area contributed by atoms with Crippen LogP contribution in [0.15, 0.2) is 24.3 Å². The fourth-order valence-corrected chi connectivity index (χ4v) is 1.46. The molecule has 0 unspecified atom stereocenters. The molecule has 0 saturated heterocycles. The van der Waals surface area contributed by atoms with Gasteiger partial charge in [0.05, 0.1) is 6.42 Å². The van der Waals surface area contributed by atoms with E-state index in [2.05, 4.69) is 0 Å². The van der Waals surface area contributed by atoms with Crippen molar-refractivity contribution in [2.24, 2.45) is 0 Å². The van der Waals surface area contributed by atoms with Gasteiger partial charge in [0, 0.05) is 12.6 Å². The van der Waals surface area contributed by atoms with Crippen molar-refractivity contribution in [3.8, 4) is 0 Å². The lowest BCUT2D eigenvalue weighted by molar-refractivity contribution is -0.127. The molecule has 0 bridgehead atoms. The van der Waals surface area contributed by atoms with Crippen LogP contribution in [0.5, 0.6) is 0 Å². The highest BCUT2D eigenvalue weighted by molar-refractivity contribution is 6.09. The van der Waals surface area contributed by atoms with Crippen molar-refractivity contribution in [3.05, 3.63) is 35.4 Å². The number of amides is 2. The molecule has 0 spiro atoms. The van der Waals surface area contributed by atoms with Crippen molar-refractivity contribution >= 4 is 11.8 Å². The first-order valence-electron chi connectivity index (χ1n) is 5.09. The molecule has 0 N–H and O–H groups in total. The molecule has 0 fully saturated rings. The second-order valence-electron chi connectivity index (χ2n) is 3.09. The van der Waals surface area contributed by atoms with E-state index in [0.717, 1.165) is 5.56 Å². The molecule has 80 valence electrons. The molecule has 2 rings (SSSR count). The summed E-state index contributed by atoms with van der Waals surface area (Å²) in [5.74, 6) is -0.337. The highest BCUT2D eigenvalue weighted by Crippen LogP contribution is 2.17. The Labute approximate surface area is 89.7 Å². The minimum absolute atomic E-state index is 0.135. The monoisotopic (exact) mass is 205 g/mol. The summed E-state index contributed by atoms with van der Waals surface area (Å²) in [7, 11) is 1.51. The van der Waals surface area contributed by atoms with Crippen LogP contribution in [0.1, 0.15) is 29.8 Å². The lowest BCUT2D eigenvalue weighted by atomic mass is 9.99. The number of likely N-dealkylation sites (N-methyl/N-ethyl adjacent to an activating group) is 1. The smallest absolute Gasteiger partial charge is 0.260 e. The van der Waals surface area contributed by atoms with Gasteiger partial charge >= 0.3 is 0 Å². The van der Waals surface area contributed by atoms with E-state index in [0.29, 0.717) is 12.0 Å². The van der Waals surface area contributed by atoms with Gasteiger partial charge in [0.2, 0.25) is 5.91 Å². The summed E-state index contributed by atoms with van der Waals surface area (Å²) in [6.45, 7) is 4.00. The van der Waals surface area contributed by atoms with E-state index in [1.165, 1.54) is 11.9 Å². The van der Waals surface area contributed by atoms with Crippen LogP contribution in [0, 0.1) is 0 Å². The first kappa shape index (κ1) is 11.4. The molecule has 0 aliphatic carbocycles. The fourth-order valence-electron chi connectivity index (χ4n) is 1.46. The van der Waals surface area contributed by atoms with Crippen LogP contribution in [-0.4, -0.2) is 23.8 Å². The quantitative estimate of drug-likeness (QED) is 0.606. The Bertz CT molecular complexity index is 385. The Kier molecular flexibility index (Phi) is 3.61. The highest BCUT2D eigenvalue weighted by Gasteiger charge is 2.26. The van der Waals surface area contributed by atoms with Crippen LogP contribution in [0.4, 0.5) is 0 Å². The molecule has 0 radical (unpaired) electrons. The van der Waals surface area contributed by atoms with Gasteiger partial charge in [-0.05, 0) is 11.6 Å². The largest absolute Gasteiger partial charge is 0.281 e. The normalized spacial score (nSPS) is 14.2. The van der Waals surface area contributed by atoms with E-state index in [-0.39, 0.29) is 11.8 Å². The third kappa shape index (κ3) is 2.06. The lowest BCUT2D eigenvalue weighted by Crippen LogP contribution is -2.39. The van der Waals surface area contributed by atoms with Gasteiger partial charge in [-0.25, -0.2) is 0 Å². The zero-order valence-electron chi connectivity index (χ0n) is 9.28. The molecule has 1 aromatic rings. The predicted molar refractivity (Wildman–Crippen MR) is 58.6 cm³/mol. The van der Waals surface area contributed by atoms with Crippen LogP contribution in [0.25, 0.3) is 0 Å². The average molecular weight is 205 g/mol. The molecule has 15 heavy (non-hydrogen) atoms. The molecular weight excluding hydrogens is 190 g/mol. The van der Waals surface area contributed by atoms with Crippen LogP contribution in [0.3, 0.4) is 0 Å². The van der Waals surface area contributed by atoms with E-state index in [9.17, 15) is 9.59 Å². The number of carbonyl (C=O) groups excluding carboxylic acids is 2. The Morgan fingerprint density at radius 2 is 1.73 bits per heavy atom. The SMILES string of the molecule is CC.CN1C(=O)Cc2ccccc2C1=O. The highest BCUT2D eigenvalue weighted by atomic mass is 16.2. The zero-order chi connectivity index (χ0) is 11.4. The van der Waals surface area contributed by atoms with Crippen molar-refractivity contribution in [2.75, 3.05) is 7.05 Å². The second-order valence-corrected chi connectivity index (χ2v) is 3.09. The fraction of sp³-hybridized carbons (Fsp3) is 0.333. The summed E-state index contributed by atoms with van der Waals surface area (Å²) in [5, 5.41) is 0. The van der Waals surface area contributed by atoms with Crippen molar-refractivity contribution in [1.82, 2.24) is 4.90 Å². The molecule has 1 aliphatic heterocycles. The van der Waals surface area contributed by atoms with Crippen LogP contribution in [-0.2, 0) is 11.2 Å². The molecule has 2 amide bonds. The van der Waals surface area contributed by atoms with Crippen molar-refractivity contribution < 1.29 is 9.59 Å². The van der Waals surface area contributed by atoms with Gasteiger partial charge in [-0.2, -0.15) is 0 Å². The summed E-state index contributed by atoms with van der Waals surface area (Å²) in [5.41, 5.74) is 1.47. The number of fused-ring (bicyclic) bond motifs is 1. The van der Waals surface area contributed by atoms with Crippen molar-refractivity contribution in [1.29, 1.82) is 0 Å². The summed E-state index contributed by atoms with van der Waals surface area (Å²) >= 11 is 0. The maximum absolute atomic E-state index is 11.5. The number of hydrogen-bond acceptors (Lipinski definition) is 2. The molecular formula is C12H15NO2. The Morgan fingerprint density at radius 3 is 2.40 bits per heavy atom. The maximum Gasteiger partial charge on any atom is 0.260 e. The molecule has 0 atom stereocenters. The average Bonchev–Trinajstić information content (AvgIpc) is 2.29. The van der Waals surface area contributed by atoms with E-state index in [1.54, 1.807) is 12.1 Å². The van der Waals surface area contributed by atoms with Gasteiger partial charge < -0.3 is 0 Å². The predicted octanol–water partition coefficient (Wildman–Crippen LogP) is 1.87. The van der Waals surface area contributed by atoms with Crippen molar-refractivity contribution in [2.45, 2.75) is 20.3 Å². The first-order chi connectivity index (χ1) is 7.20. The van der Waals surface area contributed by atoms with Gasteiger partial charge in [0.1, 0.15) is 0 Å². The van der Waals surface area contributed by atoms with Crippen LogP contribution < -0.4 is 0 Å². The first-order valence-corrected chi connectivity index (χ1v) is 5.09. The van der Waals surface area contributed by atoms with Gasteiger partial charge in [-0.3, -0.25) is 14.5 Å². The van der Waals surface area contributed by atoms with E-state index in [4.69, 9.17) is 0 Å². The summed E-state index contributed by atoms with van der Waals surface area (Å²) in [4.78, 5) is 24.0. The molecule has 3 heteroatoms. The number of nitrogens with zero attached hydrogens (tertiary/aromatic N) is 1. The van der Waals surface area contributed by atoms with E-state index < -0.39 is 0 Å². The number of rotatable bonds is 0. The summed E-state index contributed by atoms with van der Waals surface area (Å²) < 4.78 is 0.